The van der Waals surface area contributed by atoms with Crippen LogP contribution in [-0.4, -0.2) is 36.5 Å². The second-order valence-corrected chi connectivity index (χ2v) is 5.40. The summed E-state index contributed by atoms with van der Waals surface area (Å²) in [5.74, 6) is 0.759. The van der Waals surface area contributed by atoms with E-state index in [0.717, 1.165) is 6.61 Å². The summed E-state index contributed by atoms with van der Waals surface area (Å²) in [5.41, 5.74) is -0.653. The average Bonchev–Trinajstić information content (AvgIpc) is 2.16. The normalized spacial score (nSPS) is 17.8. The molecule has 0 fully saturated rings. The van der Waals surface area contributed by atoms with E-state index in [2.05, 4.69) is 19.2 Å². The van der Waals surface area contributed by atoms with Crippen molar-refractivity contribution in [1.29, 1.82) is 0 Å². The van der Waals surface area contributed by atoms with Gasteiger partial charge in [0.05, 0.1) is 12.2 Å². The SMILES string of the molecule is CCOCC(NCC(C)(O)C(C)C)C(C)C. The van der Waals surface area contributed by atoms with Crippen LogP contribution in [0.15, 0.2) is 0 Å². The number of hydrogen-bond acceptors (Lipinski definition) is 3. The van der Waals surface area contributed by atoms with Gasteiger partial charge in [0.25, 0.3) is 0 Å². The lowest BCUT2D eigenvalue weighted by molar-refractivity contribution is 0.00553. The van der Waals surface area contributed by atoms with Gasteiger partial charge in [-0.15, -0.1) is 0 Å². The molecule has 3 heteroatoms. The number of rotatable bonds is 8. The van der Waals surface area contributed by atoms with Gasteiger partial charge in [0.2, 0.25) is 0 Å². The summed E-state index contributed by atoms with van der Waals surface area (Å²) in [6.45, 7) is 14.4. The minimum atomic E-state index is -0.653. The Bertz CT molecular complexity index is 179. The third kappa shape index (κ3) is 5.83. The van der Waals surface area contributed by atoms with Gasteiger partial charge in [-0.05, 0) is 25.7 Å². The Morgan fingerprint density at radius 2 is 1.81 bits per heavy atom. The zero-order chi connectivity index (χ0) is 12.8. The molecule has 0 aromatic heterocycles. The molecule has 0 aliphatic heterocycles. The van der Waals surface area contributed by atoms with Crippen LogP contribution in [0.2, 0.25) is 0 Å². The summed E-state index contributed by atoms with van der Waals surface area (Å²) < 4.78 is 5.44. The Hall–Kier alpha value is -0.120. The van der Waals surface area contributed by atoms with Gasteiger partial charge in [-0.3, -0.25) is 0 Å². The van der Waals surface area contributed by atoms with E-state index in [9.17, 15) is 5.11 Å². The van der Waals surface area contributed by atoms with Crippen molar-refractivity contribution in [2.24, 2.45) is 11.8 Å². The van der Waals surface area contributed by atoms with Crippen LogP contribution < -0.4 is 5.32 Å². The van der Waals surface area contributed by atoms with Gasteiger partial charge in [-0.2, -0.15) is 0 Å². The monoisotopic (exact) mass is 231 g/mol. The van der Waals surface area contributed by atoms with E-state index in [4.69, 9.17) is 4.74 Å². The van der Waals surface area contributed by atoms with E-state index in [-0.39, 0.29) is 5.92 Å². The highest BCUT2D eigenvalue weighted by molar-refractivity contribution is 4.82. The van der Waals surface area contributed by atoms with Crippen LogP contribution in [0.1, 0.15) is 41.5 Å². The van der Waals surface area contributed by atoms with E-state index < -0.39 is 5.60 Å². The van der Waals surface area contributed by atoms with E-state index >= 15 is 0 Å². The first-order valence-corrected chi connectivity index (χ1v) is 6.34. The Morgan fingerprint density at radius 1 is 1.25 bits per heavy atom. The third-order valence-electron chi connectivity index (χ3n) is 3.27. The van der Waals surface area contributed by atoms with Crippen molar-refractivity contribution in [3.63, 3.8) is 0 Å². The van der Waals surface area contributed by atoms with Crippen LogP contribution in [0.3, 0.4) is 0 Å². The van der Waals surface area contributed by atoms with Crippen molar-refractivity contribution in [2.75, 3.05) is 19.8 Å². The molecule has 0 saturated heterocycles. The molecule has 98 valence electrons. The molecule has 0 rings (SSSR count). The Balaban J connectivity index is 4.11. The fourth-order valence-corrected chi connectivity index (χ4v) is 1.27. The molecule has 0 aromatic carbocycles. The number of aliphatic hydroxyl groups is 1. The molecule has 3 nitrogen and oxygen atoms in total. The van der Waals surface area contributed by atoms with Gasteiger partial charge in [-0.1, -0.05) is 27.7 Å². The van der Waals surface area contributed by atoms with Crippen molar-refractivity contribution >= 4 is 0 Å². The minimum Gasteiger partial charge on any atom is -0.389 e. The quantitative estimate of drug-likeness (QED) is 0.672. The van der Waals surface area contributed by atoms with Crippen LogP contribution in [0.25, 0.3) is 0 Å². The maximum absolute atomic E-state index is 10.1. The molecule has 0 aliphatic rings. The fraction of sp³-hybridized carbons (Fsp3) is 1.00. The first kappa shape index (κ1) is 15.9. The van der Waals surface area contributed by atoms with Gasteiger partial charge in [0.15, 0.2) is 0 Å². The summed E-state index contributed by atoms with van der Waals surface area (Å²) in [6, 6.07) is 0.310. The topological polar surface area (TPSA) is 41.5 Å². The van der Waals surface area contributed by atoms with Crippen molar-refractivity contribution in [3.8, 4) is 0 Å². The van der Waals surface area contributed by atoms with Gasteiger partial charge in [0.1, 0.15) is 0 Å². The summed E-state index contributed by atoms with van der Waals surface area (Å²) in [4.78, 5) is 0. The van der Waals surface area contributed by atoms with Gasteiger partial charge >= 0.3 is 0 Å². The highest BCUT2D eigenvalue weighted by Crippen LogP contribution is 2.15. The predicted molar refractivity (Wildman–Crippen MR) is 68.6 cm³/mol. The zero-order valence-corrected chi connectivity index (χ0v) is 11.7. The van der Waals surface area contributed by atoms with Crippen LogP contribution in [0.4, 0.5) is 0 Å². The maximum atomic E-state index is 10.1. The lowest BCUT2D eigenvalue weighted by Gasteiger charge is -2.31. The highest BCUT2D eigenvalue weighted by Gasteiger charge is 2.26. The lowest BCUT2D eigenvalue weighted by Crippen LogP contribution is -2.48. The average molecular weight is 231 g/mol. The molecule has 0 spiro atoms. The summed E-state index contributed by atoms with van der Waals surface area (Å²) >= 11 is 0. The number of nitrogens with one attached hydrogen (secondary N) is 1. The van der Waals surface area contributed by atoms with Crippen molar-refractivity contribution in [3.05, 3.63) is 0 Å². The third-order valence-corrected chi connectivity index (χ3v) is 3.27. The van der Waals surface area contributed by atoms with Crippen LogP contribution in [0.5, 0.6) is 0 Å². The zero-order valence-electron chi connectivity index (χ0n) is 11.7. The first-order chi connectivity index (χ1) is 7.31. The number of hydrogen-bond donors (Lipinski definition) is 2. The summed E-state index contributed by atoms with van der Waals surface area (Å²) in [5, 5.41) is 13.5. The van der Waals surface area contributed by atoms with Crippen LogP contribution in [-0.2, 0) is 4.74 Å². The standard InChI is InChI=1S/C13H29NO2/c1-7-16-8-12(10(2)3)14-9-13(6,15)11(4)5/h10-12,14-15H,7-9H2,1-6H3. The van der Waals surface area contributed by atoms with E-state index in [0.29, 0.717) is 25.1 Å². The van der Waals surface area contributed by atoms with E-state index in [1.54, 1.807) is 0 Å². The maximum Gasteiger partial charge on any atom is 0.0766 e. The van der Waals surface area contributed by atoms with Crippen molar-refractivity contribution in [1.82, 2.24) is 5.32 Å². The largest absolute Gasteiger partial charge is 0.389 e. The lowest BCUT2D eigenvalue weighted by atomic mass is 9.92. The molecule has 0 heterocycles. The van der Waals surface area contributed by atoms with Gasteiger partial charge in [-0.25, -0.2) is 0 Å². The van der Waals surface area contributed by atoms with Crippen LogP contribution in [0, 0.1) is 11.8 Å². The van der Waals surface area contributed by atoms with Crippen molar-refractivity contribution < 1.29 is 9.84 Å². The van der Waals surface area contributed by atoms with Gasteiger partial charge < -0.3 is 15.2 Å². The van der Waals surface area contributed by atoms with E-state index in [1.165, 1.54) is 0 Å². The van der Waals surface area contributed by atoms with Gasteiger partial charge in [0, 0.05) is 19.2 Å². The van der Waals surface area contributed by atoms with E-state index in [1.807, 2.05) is 27.7 Å². The van der Waals surface area contributed by atoms with Crippen molar-refractivity contribution in [2.45, 2.75) is 53.2 Å². The predicted octanol–water partition coefficient (Wildman–Crippen LogP) is 2.04. The molecule has 0 saturated carbocycles. The highest BCUT2D eigenvalue weighted by atomic mass is 16.5. The second-order valence-electron chi connectivity index (χ2n) is 5.40. The molecule has 0 bridgehead atoms. The molecule has 2 N–H and O–H groups in total. The smallest absolute Gasteiger partial charge is 0.0766 e. The fourth-order valence-electron chi connectivity index (χ4n) is 1.27. The number of ether oxygens (including phenoxy) is 1. The molecule has 0 aliphatic carbocycles. The second kappa shape index (κ2) is 7.25. The molecule has 16 heavy (non-hydrogen) atoms. The van der Waals surface area contributed by atoms with Crippen LogP contribution >= 0.6 is 0 Å². The molecule has 2 atom stereocenters. The molecule has 0 radical (unpaired) electrons. The minimum absolute atomic E-state index is 0.250. The molecule has 0 amide bonds. The molecular formula is C13H29NO2. The first-order valence-electron chi connectivity index (χ1n) is 6.34. The molecular weight excluding hydrogens is 202 g/mol. The Morgan fingerprint density at radius 3 is 2.19 bits per heavy atom. The summed E-state index contributed by atoms with van der Waals surface area (Å²) in [6.07, 6.45) is 0. The molecule has 0 aromatic rings. The Kier molecular flexibility index (Phi) is 7.20. The Labute approximate surface area is 101 Å². The molecule has 2 unspecified atom stereocenters. The summed E-state index contributed by atoms with van der Waals surface area (Å²) in [7, 11) is 0.